The van der Waals surface area contributed by atoms with E-state index >= 15 is 0 Å². The van der Waals surface area contributed by atoms with Gasteiger partial charge in [-0.2, -0.15) is 14.6 Å². The number of hydrogen-bond acceptors (Lipinski definition) is 9. The third-order valence-corrected chi connectivity index (χ3v) is 6.06. The lowest BCUT2D eigenvalue weighted by atomic mass is 10.2. The fourth-order valence-corrected chi connectivity index (χ4v) is 3.79. The van der Waals surface area contributed by atoms with Crippen LogP contribution in [0.4, 0.5) is 17.5 Å². The van der Waals surface area contributed by atoms with E-state index in [4.69, 9.17) is 9.59 Å². The molecule has 1 atom stereocenters. The molecule has 0 aliphatic rings. The van der Waals surface area contributed by atoms with Crippen LogP contribution in [0.1, 0.15) is 72.6 Å². The zero-order chi connectivity index (χ0) is 26.3. The normalized spacial score (nSPS) is 10.7. The highest BCUT2D eigenvalue weighted by Gasteiger charge is 2.10. The highest BCUT2D eigenvalue weighted by Crippen LogP contribution is 2.24. The van der Waals surface area contributed by atoms with Crippen LogP contribution < -0.4 is 15.4 Å². The Morgan fingerprint density at radius 1 is 1.09 bits per heavy atom. The average molecular weight is 571 g/mol. The van der Waals surface area contributed by atoms with Crippen molar-refractivity contribution in [2.45, 2.75) is 83.6 Å². The van der Waals surface area contributed by atoms with Crippen molar-refractivity contribution in [1.82, 2.24) is 14.7 Å². The molecule has 0 fully saturated rings. The first-order valence-electron chi connectivity index (χ1n) is 12.1. The number of rotatable bonds is 14. The molecule has 0 aliphatic heterocycles. The number of benzene rings is 1. The van der Waals surface area contributed by atoms with Crippen LogP contribution in [0.5, 0.6) is 0 Å². The van der Waals surface area contributed by atoms with Gasteiger partial charge in [0.2, 0.25) is 5.95 Å². The van der Waals surface area contributed by atoms with Gasteiger partial charge in [0.15, 0.2) is 0 Å². The van der Waals surface area contributed by atoms with Crippen LogP contribution in [0.3, 0.4) is 0 Å². The van der Waals surface area contributed by atoms with E-state index in [1.54, 1.807) is 18.1 Å². The van der Waals surface area contributed by atoms with Crippen molar-refractivity contribution in [3.8, 4) is 0 Å². The molecule has 1 heterocycles. The standard InChI is InChI=1S/C17H24BrN5OS.C7H16.CO2/c1-3-8-20-25-14-7-5-6-13(9-14)22-17-19-10-15(18)16(23-17)21-12(4-2)11-24;1-3-5-7-6-4-2;2-1-3/h5-7,9-10,12,20,24H,3-4,8,11H2,1-2H3,(H2,19,21,22,23);3-7H2,1-2H3;. The second-order valence-corrected chi connectivity index (χ2v) is 9.43. The number of aromatic nitrogens is 2. The van der Waals surface area contributed by atoms with Crippen LogP contribution in [0.25, 0.3) is 0 Å². The van der Waals surface area contributed by atoms with Gasteiger partial charge in [0.25, 0.3) is 0 Å². The molecule has 196 valence electrons. The molecule has 4 N–H and O–H groups in total. The minimum Gasteiger partial charge on any atom is -0.394 e. The molecule has 2 rings (SSSR count). The minimum atomic E-state index is -0.0385. The van der Waals surface area contributed by atoms with E-state index in [9.17, 15) is 5.11 Å². The van der Waals surface area contributed by atoms with E-state index in [1.807, 2.05) is 19.1 Å². The van der Waals surface area contributed by atoms with E-state index < -0.39 is 0 Å². The smallest absolute Gasteiger partial charge is 0.373 e. The minimum absolute atomic E-state index is 0.0385. The quantitative estimate of drug-likeness (QED) is 0.148. The maximum Gasteiger partial charge on any atom is 0.373 e. The predicted octanol–water partition coefficient (Wildman–Crippen LogP) is 6.57. The number of hydrogen-bond donors (Lipinski definition) is 4. The second kappa shape index (κ2) is 22.5. The SMILES string of the molecule is CCCCCCC.CCCNSc1cccc(Nc2ncc(Br)c(NC(CC)CO)n2)c1.O=C=O. The molecular weight excluding hydrogens is 530 g/mol. The molecule has 0 aliphatic carbocycles. The Bertz CT molecular complexity index is 830. The Kier molecular flexibility index (Phi) is 21.2. The summed E-state index contributed by atoms with van der Waals surface area (Å²) in [5.41, 5.74) is 0.922. The molecule has 35 heavy (non-hydrogen) atoms. The zero-order valence-electron chi connectivity index (χ0n) is 21.3. The summed E-state index contributed by atoms with van der Waals surface area (Å²) in [5, 5.41) is 15.8. The summed E-state index contributed by atoms with van der Waals surface area (Å²) in [4.78, 5) is 26.2. The molecule has 0 amide bonds. The highest BCUT2D eigenvalue weighted by atomic mass is 79.9. The van der Waals surface area contributed by atoms with E-state index in [0.29, 0.717) is 11.8 Å². The summed E-state index contributed by atoms with van der Waals surface area (Å²) in [5.74, 6) is 1.16. The Morgan fingerprint density at radius 3 is 2.34 bits per heavy atom. The van der Waals surface area contributed by atoms with Gasteiger partial charge < -0.3 is 15.7 Å². The Balaban J connectivity index is 0.000000978. The topological polar surface area (TPSA) is 116 Å². The summed E-state index contributed by atoms with van der Waals surface area (Å²) in [6.07, 6.45) is 10.9. The molecule has 1 aromatic carbocycles. The van der Waals surface area contributed by atoms with Crippen LogP contribution in [-0.4, -0.2) is 40.4 Å². The first-order chi connectivity index (χ1) is 17.0. The number of nitrogens with zero attached hydrogens (tertiary/aromatic N) is 2. The van der Waals surface area contributed by atoms with Gasteiger partial charge in [-0.15, -0.1) is 0 Å². The Morgan fingerprint density at radius 2 is 1.77 bits per heavy atom. The molecule has 0 bridgehead atoms. The number of nitrogens with one attached hydrogen (secondary N) is 3. The van der Waals surface area contributed by atoms with E-state index in [-0.39, 0.29) is 18.8 Å². The van der Waals surface area contributed by atoms with Gasteiger partial charge in [-0.3, -0.25) is 4.72 Å². The first kappa shape index (κ1) is 33.0. The van der Waals surface area contributed by atoms with Crippen molar-refractivity contribution in [3.63, 3.8) is 0 Å². The predicted molar refractivity (Wildman–Crippen MR) is 148 cm³/mol. The number of carbonyl (C=O) groups excluding carboxylic acids is 2. The zero-order valence-corrected chi connectivity index (χ0v) is 23.7. The maximum absolute atomic E-state index is 9.36. The molecule has 8 nitrogen and oxygen atoms in total. The van der Waals surface area contributed by atoms with Gasteiger partial charge in [-0.05, 0) is 58.9 Å². The molecule has 0 radical (unpaired) electrons. The van der Waals surface area contributed by atoms with Crippen LogP contribution in [0.2, 0.25) is 0 Å². The van der Waals surface area contributed by atoms with Crippen LogP contribution in [-0.2, 0) is 9.59 Å². The summed E-state index contributed by atoms with van der Waals surface area (Å²) in [6.45, 7) is 9.67. The molecule has 10 heteroatoms. The van der Waals surface area contributed by atoms with Gasteiger partial charge in [0.05, 0.1) is 17.1 Å². The van der Waals surface area contributed by atoms with Crippen molar-refractivity contribution in [2.75, 3.05) is 23.8 Å². The van der Waals surface area contributed by atoms with Crippen molar-refractivity contribution in [1.29, 1.82) is 0 Å². The lowest BCUT2D eigenvalue weighted by Gasteiger charge is -2.16. The molecule has 0 saturated heterocycles. The van der Waals surface area contributed by atoms with Gasteiger partial charge in [-0.1, -0.05) is 65.9 Å². The van der Waals surface area contributed by atoms with E-state index in [2.05, 4.69) is 74.2 Å². The molecular formula is C25H40BrN5O3S. The third kappa shape index (κ3) is 16.4. The largest absolute Gasteiger partial charge is 0.394 e. The second-order valence-electron chi connectivity index (χ2n) is 7.62. The molecule has 0 spiro atoms. The van der Waals surface area contributed by atoms with Crippen LogP contribution >= 0.6 is 27.9 Å². The number of unbranched alkanes of at least 4 members (excludes halogenated alkanes) is 4. The Labute approximate surface area is 222 Å². The van der Waals surface area contributed by atoms with Crippen molar-refractivity contribution >= 4 is 51.5 Å². The van der Waals surface area contributed by atoms with Gasteiger partial charge in [0, 0.05) is 23.3 Å². The van der Waals surface area contributed by atoms with Crippen LogP contribution in [0.15, 0.2) is 39.8 Å². The summed E-state index contributed by atoms with van der Waals surface area (Å²) in [7, 11) is 0. The van der Waals surface area contributed by atoms with Crippen molar-refractivity contribution in [2.24, 2.45) is 0 Å². The van der Waals surface area contributed by atoms with Crippen molar-refractivity contribution < 1.29 is 14.7 Å². The number of halogens is 1. The van der Waals surface area contributed by atoms with Gasteiger partial charge in [0.1, 0.15) is 5.82 Å². The van der Waals surface area contributed by atoms with E-state index in [1.165, 1.54) is 32.1 Å². The summed E-state index contributed by atoms with van der Waals surface area (Å²) >= 11 is 5.05. The van der Waals surface area contributed by atoms with Crippen molar-refractivity contribution in [3.05, 3.63) is 34.9 Å². The molecule has 2 aromatic rings. The lowest BCUT2D eigenvalue weighted by molar-refractivity contribution is -0.191. The molecule has 1 unspecified atom stereocenters. The fraction of sp³-hybridized carbons (Fsp3) is 0.560. The number of aliphatic hydroxyl groups excluding tert-OH is 1. The number of anilines is 3. The monoisotopic (exact) mass is 569 g/mol. The average Bonchev–Trinajstić information content (AvgIpc) is 2.86. The maximum atomic E-state index is 9.36. The third-order valence-electron chi connectivity index (χ3n) is 4.64. The number of aliphatic hydroxyl groups is 1. The summed E-state index contributed by atoms with van der Waals surface area (Å²) in [6, 6.07) is 8.04. The first-order valence-corrected chi connectivity index (χ1v) is 13.8. The molecule has 0 saturated carbocycles. The molecule has 1 aromatic heterocycles. The summed E-state index contributed by atoms with van der Waals surface area (Å²) < 4.78 is 4.07. The Hall–Kier alpha value is -1.97. The lowest BCUT2D eigenvalue weighted by Crippen LogP contribution is -2.23. The van der Waals surface area contributed by atoms with Gasteiger partial charge >= 0.3 is 6.15 Å². The van der Waals surface area contributed by atoms with Crippen LogP contribution in [0, 0.1) is 0 Å². The highest BCUT2D eigenvalue weighted by molar-refractivity contribution is 9.10. The fourth-order valence-electron chi connectivity index (χ4n) is 2.68. The van der Waals surface area contributed by atoms with Gasteiger partial charge in [-0.25, -0.2) is 4.98 Å². The van der Waals surface area contributed by atoms with E-state index in [0.717, 1.165) is 34.4 Å².